The highest BCUT2D eigenvalue weighted by atomic mass is 32.1. The van der Waals surface area contributed by atoms with Crippen molar-refractivity contribution in [2.75, 3.05) is 11.9 Å². The molecule has 0 saturated heterocycles. The number of rotatable bonds is 5. The van der Waals surface area contributed by atoms with Crippen LogP contribution in [0.4, 0.5) is 5.13 Å². The zero-order valence-electron chi connectivity index (χ0n) is 8.03. The Kier molecular flexibility index (Phi) is 4.11. The molecule has 0 aliphatic carbocycles. The number of nitrogens with zero attached hydrogens (tertiary/aromatic N) is 2. The maximum atomic E-state index is 5.89. The van der Waals surface area contributed by atoms with E-state index in [1.165, 1.54) is 11.3 Å². The summed E-state index contributed by atoms with van der Waals surface area (Å²) in [5.74, 6) is 0.645. The van der Waals surface area contributed by atoms with E-state index in [0.29, 0.717) is 5.92 Å². The second kappa shape index (κ2) is 5.14. The first-order chi connectivity index (χ1) is 6.18. The number of hydrogen-bond donors (Lipinski definition) is 2. The number of hydrogen-bond acceptors (Lipinski definition) is 5. The Hall–Kier alpha value is -0.680. The summed E-state index contributed by atoms with van der Waals surface area (Å²) in [6, 6.07) is 0.198. The summed E-state index contributed by atoms with van der Waals surface area (Å²) in [5.41, 5.74) is 7.59. The number of nitrogens with one attached hydrogen (secondary N) is 1. The van der Waals surface area contributed by atoms with Crippen LogP contribution < -0.4 is 11.1 Å². The molecule has 5 heteroatoms. The van der Waals surface area contributed by atoms with Crippen molar-refractivity contribution in [1.82, 2.24) is 10.2 Å². The first kappa shape index (κ1) is 10.4. The maximum absolute atomic E-state index is 5.89. The molecule has 1 aromatic heterocycles. The Bertz CT molecular complexity index is 222. The Morgan fingerprint density at radius 2 is 2.38 bits per heavy atom. The Labute approximate surface area is 82.6 Å². The lowest BCUT2D eigenvalue weighted by molar-refractivity contribution is 0.508. The lowest BCUT2D eigenvalue weighted by Crippen LogP contribution is -2.30. The highest BCUT2D eigenvalue weighted by Crippen LogP contribution is 2.09. The van der Waals surface area contributed by atoms with Crippen molar-refractivity contribution in [3.63, 3.8) is 0 Å². The number of aromatic nitrogens is 2. The van der Waals surface area contributed by atoms with E-state index in [1.54, 1.807) is 5.51 Å². The molecule has 0 aliphatic rings. The molecular formula is C8H16N4S. The molecule has 1 unspecified atom stereocenters. The van der Waals surface area contributed by atoms with Crippen molar-refractivity contribution >= 4 is 16.5 Å². The van der Waals surface area contributed by atoms with Gasteiger partial charge in [-0.3, -0.25) is 0 Å². The van der Waals surface area contributed by atoms with Crippen molar-refractivity contribution in [1.29, 1.82) is 0 Å². The van der Waals surface area contributed by atoms with E-state index in [9.17, 15) is 0 Å². The third kappa shape index (κ3) is 4.19. The molecule has 0 spiro atoms. The van der Waals surface area contributed by atoms with Gasteiger partial charge >= 0.3 is 0 Å². The van der Waals surface area contributed by atoms with Gasteiger partial charge in [-0.1, -0.05) is 25.2 Å². The topological polar surface area (TPSA) is 63.8 Å². The van der Waals surface area contributed by atoms with Gasteiger partial charge in [0.05, 0.1) is 0 Å². The predicted octanol–water partition coefficient (Wildman–Crippen LogP) is 1.32. The fourth-order valence-electron chi connectivity index (χ4n) is 1.16. The van der Waals surface area contributed by atoms with Crippen molar-refractivity contribution in [3.05, 3.63) is 5.51 Å². The smallest absolute Gasteiger partial charge is 0.205 e. The van der Waals surface area contributed by atoms with Crippen LogP contribution in [0.25, 0.3) is 0 Å². The summed E-state index contributed by atoms with van der Waals surface area (Å²) < 4.78 is 0. The van der Waals surface area contributed by atoms with Crippen LogP contribution in [0.3, 0.4) is 0 Å². The van der Waals surface area contributed by atoms with E-state index < -0.39 is 0 Å². The molecule has 74 valence electrons. The molecule has 0 aliphatic heterocycles. The van der Waals surface area contributed by atoms with Crippen molar-refractivity contribution < 1.29 is 0 Å². The van der Waals surface area contributed by atoms with Gasteiger partial charge in [0.15, 0.2) is 0 Å². The highest BCUT2D eigenvalue weighted by Gasteiger charge is 2.05. The molecule has 1 heterocycles. The van der Waals surface area contributed by atoms with Crippen LogP contribution in [-0.4, -0.2) is 22.8 Å². The molecule has 0 amide bonds. The molecule has 0 radical (unpaired) electrons. The Morgan fingerprint density at radius 3 is 2.92 bits per heavy atom. The fraction of sp³-hybridized carbons (Fsp3) is 0.750. The highest BCUT2D eigenvalue weighted by molar-refractivity contribution is 7.13. The monoisotopic (exact) mass is 200 g/mol. The minimum atomic E-state index is 0.198. The van der Waals surface area contributed by atoms with Gasteiger partial charge in [0.25, 0.3) is 0 Å². The zero-order chi connectivity index (χ0) is 9.68. The zero-order valence-corrected chi connectivity index (χ0v) is 8.84. The second-order valence-corrected chi connectivity index (χ2v) is 4.35. The maximum Gasteiger partial charge on any atom is 0.205 e. The summed E-state index contributed by atoms with van der Waals surface area (Å²) in [7, 11) is 0. The van der Waals surface area contributed by atoms with Gasteiger partial charge in [-0.05, 0) is 12.3 Å². The molecule has 4 nitrogen and oxygen atoms in total. The summed E-state index contributed by atoms with van der Waals surface area (Å²) in [4.78, 5) is 0. The quantitative estimate of drug-likeness (QED) is 0.752. The molecule has 1 atom stereocenters. The van der Waals surface area contributed by atoms with Crippen LogP contribution in [0, 0.1) is 5.92 Å². The molecule has 13 heavy (non-hydrogen) atoms. The fourth-order valence-corrected chi connectivity index (χ4v) is 1.61. The van der Waals surface area contributed by atoms with E-state index >= 15 is 0 Å². The van der Waals surface area contributed by atoms with E-state index in [2.05, 4.69) is 29.4 Å². The Morgan fingerprint density at radius 1 is 1.62 bits per heavy atom. The number of anilines is 1. The summed E-state index contributed by atoms with van der Waals surface area (Å²) in [6.45, 7) is 5.11. The van der Waals surface area contributed by atoms with Crippen molar-refractivity contribution in [3.8, 4) is 0 Å². The third-order valence-electron chi connectivity index (χ3n) is 1.65. The van der Waals surface area contributed by atoms with Gasteiger partial charge in [0, 0.05) is 12.6 Å². The summed E-state index contributed by atoms with van der Waals surface area (Å²) in [6.07, 6.45) is 1.03. The molecular weight excluding hydrogens is 184 g/mol. The third-order valence-corrected chi connectivity index (χ3v) is 2.30. The van der Waals surface area contributed by atoms with E-state index in [4.69, 9.17) is 5.73 Å². The van der Waals surface area contributed by atoms with Crippen LogP contribution in [-0.2, 0) is 0 Å². The molecule has 0 aromatic carbocycles. The van der Waals surface area contributed by atoms with Gasteiger partial charge in [-0.15, -0.1) is 10.2 Å². The average molecular weight is 200 g/mol. The molecule has 1 rings (SSSR count). The van der Waals surface area contributed by atoms with Crippen molar-refractivity contribution in [2.24, 2.45) is 11.7 Å². The lowest BCUT2D eigenvalue weighted by Gasteiger charge is -2.13. The van der Waals surface area contributed by atoms with Crippen LogP contribution >= 0.6 is 11.3 Å². The largest absolute Gasteiger partial charge is 0.359 e. The van der Waals surface area contributed by atoms with E-state index in [0.717, 1.165) is 18.1 Å². The number of nitrogens with two attached hydrogens (primary N) is 1. The van der Waals surface area contributed by atoms with Gasteiger partial charge in [-0.2, -0.15) is 0 Å². The van der Waals surface area contributed by atoms with Gasteiger partial charge in [0.1, 0.15) is 5.51 Å². The summed E-state index contributed by atoms with van der Waals surface area (Å²) in [5, 5.41) is 11.6. The van der Waals surface area contributed by atoms with E-state index in [1.807, 2.05) is 0 Å². The van der Waals surface area contributed by atoms with Gasteiger partial charge < -0.3 is 11.1 Å². The normalized spacial score (nSPS) is 13.2. The second-order valence-electron chi connectivity index (χ2n) is 3.51. The van der Waals surface area contributed by atoms with Crippen molar-refractivity contribution in [2.45, 2.75) is 26.3 Å². The Balaban J connectivity index is 2.19. The minimum Gasteiger partial charge on any atom is -0.359 e. The van der Waals surface area contributed by atoms with Crippen LogP contribution in [0.5, 0.6) is 0 Å². The standard InChI is InChI=1S/C8H16N4S/c1-6(2)3-7(9)4-10-8-12-11-5-13-8/h5-7H,3-4,9H2,1-2H3,(H,10,12). The average Bonchev–Trinajstić information content (AvgIpc) is 2.51. The molecule has 0 saturated carbocycles. The lowest BCUT2D eigenvalue weighted by atomic mass is 10.1. The summed E-state index contributed by atoms with van der Waals surface area (Å²) >= 11 is 1.49. The minimum absolute atomic E-state index is 0.198. The van der Waals surface area contributed by atoms with Crippen LogP contribution in [0.2, 0.25) is 0 Å². The van der Waals surface area contributed by atoms with Crippen LogP contribution in [0.15, 0.2) is 5.51 Å². The molecule has 0 fully saturated rings. The first-order valence-electron chi connectivity index (χ1n) is 4.44. The first-order valence-corrected chi connectivity index (χ1v) is 5.32. The van der Waals surface area contributed by atoms with Crippen LogP contribution in [0.1, 0.15) is 20.3 Å². The van der Waals surface area contributed by atoms with E-state index in [-0.39, 0.29) is 6.04 Å². The van der Waals surface area contributed by atoms with Gasteiger partial charge in [0.2, 0.25) is 5.13 Å². The molecule has 1 aromatic rings. The van der Waals surface area contributed by atoms with Gasteiger partial charge in [-0.25, -0.2) is 0 Å². The predicted molar refractivity (Wildman–Crippen MR) is 55.8 cm³/mol. The SMILES string of the molecule is CC(C)CC(N)CNc1nncs1. The molecule has 3 N–H and O–H groups in total. The molecule has 0 bridgehead atoms.